The van der Waals surface area contributed by atoms with Crippen LogP contribution in [0.25, 0.3) is 5.69 Å². The van der Waals surface area contributed by atoms with Crippen molar-refractivity contribution < 1.29 is 0 Å². The molecule has 2 heterocycles. The second kappa shape index (κ2) is 6.85. The topological polar surface area (TPSA) is 33.1 Å². The third kappa shape index (κ3) is 4.21. The molecule has 4 nitrogen and oxygen atoms in total. The first-order valence-electron chi connectivity index (χ1n) is 8.60. The van der Waals surface area contributed by atoms with Crippen LogP contribution in [0.3, 0.4) is 0 Å². The number of rotatable bonds is 4. The fourth-order valence-corrected chi connectivity index (χ4v) is 3.19. The summed E-state index contributed by atoms with van der Waals surface area (Å²) in [6.45, 7) is 10.2. The fourth-order valence-electron chi connectivity index (χ4n) is 3.19. The molecule has 0 radical (unpaired) electrons. The predicted octanol–water partition coefficient (Wildman–Crippen LogP) is 3.22. The average molecular weight is 312 g/mol. The highest BCUT2D eigenvalue weighted by atomic mass is 15.3. The maximum absolute atomic E-state index is 4.46. The van der Waals surface area contributed by atoms with Gasteiger partial charge in [-0.05, 0) is 45.7 Å². The van der Waals surface area contributed by atoms with E-state index in [0.717, 1.165) is 12.2 Å². The Kier molecular flexibility index (Phi) is 4.83. The molecule has 3 rings (SSSR count). The first kappa shape index (κ1) is 16.2. The lowest BCUT2D eigenvalue weighted by molar-refractivity contribution is 0.0960. The summed E-state index contributed by atoms with van der Waals surface area (Å²) in [6, 6.07) is 10.9. The molecule has 0 unspecified atom stereocenters. The van der Waals surface area contributed by atoms with Crippen molar-refractivity contribution in [3.8, 4) is 5.69 Å². The van der Waals surface area contributed by atoms with Crippen molar-refractivity contribution in [3.63, 3.8) is 0 Å². The minimum Gasteiger partial charge on any atom is -0.310 e. The van der Waals surface area contributed by atoms with Gasteiger partial charge in [-0.2, -0.15) is 5.10 Å². The second-order valence-electron chi connectivity index (χ2n) is 7.44. The van der Waals surface area contributed by atoms with Crippen LogP contribution in [-0.4, -0.2) is 39.4 Å². The molecule has 1 aliphatic heterocycles. The van der Waals surface area contributed by atoms with Crippen LogP contribution in [0, 0.1) is 0 Å². The predicted molar refractivity (Wildman–Crippen MR) is 94.8 cm³/mol. The van der Waals surface area contributed by atoms with Crippen LogP contribution < -0.4 is 5.32 Å². The maximum atomic E-state index is 4.46. The van der Waals surface area contributed by atoms with Gasteiger partial charge in [0.15, 0.2) is 0 Å². The van der Waals surface area contributed by atoms with Crippen LogP contribution in [-0.2, 0) is 6.54 Å². The highest BCUT2D eigenvalue weighted by molar-refractivity contribution is 5.30. The monoisotopic (exact) mass is 312 g/mol. The Morgan fingerprint density at radius 3 is 2.48 bits per heavy atom. The summed E-state index contributed by atoms with van der Waals surface area (Å²) in [5.41, 5.74) is 2.64. The normalized spacial score (nSPS) is 17.5. The molecule has 0 aliphatic carbocycles. The number of aromatic nitrogens is 2. The van der Waals surface area contributed by atoms with Crippen molar-refractivity contribution in [2.24, 2.45) is 0 Å². The van der Waals surface area contributed by atoms with Gasteiger partial charge in [0.05, 0.1) is 11.9 Å². The number of hydrogen-bond donors (Lipinski definition) is 1. The Morgan fingerprint density at radius 2 is 1.83 bits per heavy atom. The molecule has 1 aromatic heterocycles. The van der Waals surface area contributed by atoms with Crippen molar-refractivity contribution >= 4 is 0 Å². The lowest BCUT2D eigenvalue weighted by Gasteiger charge is -2.41. The number of hydrogen-bond acceptors (Lipinski definition) is 3. The molecular weight excluding hydrogens is 284 g/mol. The molecule has 23 heavy (non-hydrogen) atoms. The van der Waals surface area contributed by atoms with E-state index in [0.29, 0.717) is 11.6 Å². The molecule has 0 amide bonds. The molecule has 2 aromatic rings. The maximum Gasteiger partial charge on any atom is 0.0645 e. The van der Waals surface area contributed by atoms with Gasteiger partial charge in [0, 0.05) is 43.0 Å². The number of likely N-dealkylation sites (tertiary alicyclic amines) is 1. The minimum atomic E-state index is 0.293. The summed E-state index contributed by atoms with van der Waals surface area (Å²) < 4.78 is 1.94. The van der Waals surface area contributed by atoms with Gasteiger partial charge in [0.2, 0.25) is 0 Å². The van der Waals surface area contributed by atoms with Crippen LogP contribution in [0.2, 0.25) is 0 Å². The zero-order valence-electron chi connectivity index (χ0n) is 14.5. The lowest BCUT2D eigenvalue weighted by Crippen LogP contribution is -2.49. The molecule has 124 valence electrons. The first-order chi connectivity index (χ1) is 11.0. The van der Waals surface area contributed by atoms with Crippen LogP contribution >= 0.6 is 0 Å². The van der Waals surface area contributed by atoms with Crippen molar-refractivity contribution in [2.45, 2.75) is 51.7 Å². The molecule has 0 spiro atoms. The minimum absolute atomic E-state index is 0.293. The molecule has 1 N–H and O–H groups in total. The number of benzene rings is 1. The Labute approximate surface area is 139 Å². The van der Waals surface area contributed by atoms with E-state index in [9.17, 15) is 0 Å². The van der Waals surface area contributed by atoms with Gasteiger partial charge < -0.3 is 5.32 Å². The number of para-hydroxylation sites is 1. The number of piperidine rings is 1. The Bertz CT molecular complexity index is 604. The van der Waals surface area contributed by atoms with E-state index in [4.69, 9.17) is 0 Å². The first-order valence-corrected chi connectivity index (χ1v) is 8.60. The van der Waals surface area contributed by atoms with E-state index in [1.807, 2.05) is 29.1 Å². The lowest BCUT2D eigenvalue weighted by atomic mass is 9.98. The zero-order valence-corrected chi connectivity index (χ0v) is 14.5. The highest BCUT2D eigenvalue weighted by Gasteiger charge is 2.26. The van der Waals surface area contributed by atoms with Gasteiger partial charge in [-0.25, -0.2) is 4.68 Å². The quantitative estimate of drug-likeness (QED) is 0.941. The van der Waals surface area contributed by atoms with Gasteiger partial charge in [-0.1, -0.05) is 18.2 Å². The van der Waals surface area contributed by atoms with Crippen LogP contribution in [0.15, 0.2) is 42.7 Å². The molecule has 0 atom stereocenters. The smallest absolute Gasteiger partial charge is 0.0645 e. The van der Waals surface area contributed by atoms with Crippen LogP contribution in [0.1, 0.15) is 39.2 Å². The van der Waals surface area contributed by atoms with Gasteiger partial charge >= 0.3 is 0 Å². The van der Waals surface area contributed by atoms with Crippen molar-refractivity contribution in [2.75, 3.05) is 13.1 Å². The van der Waals surface area contributed by atoms with Gasteiger partial charge in [-0.3, -0.25) is 4.90 Å². The van der Waals surface area contributed by atoms with Crippen LogP contribution in [0.4, 0.5) is 0 Å². The third-order valence-corrected chi connectivity index (χ3v) is 4.70. The summed E-state index contributed by atoms with van der Waals surface area (Å²) in [4.78, 5) is 2.58. The molecule has 1 saturated heterocycles. The van der Waals surface area contributed by atoms with Crippen molar-refractivity contribution in [3.05, 3.63) is 48.3 Å². The summed E-state index contributed by atoms with van der Waals surface area (Å²) in [5.74, 6) is 0. The van der Waals surface area contributed by atoms with Crippen LogP contribution in [0.5, 0.6) is 0 Å². The summed E-state index contributed by atoms with van der Waals surface area (Å²) in [5, 5.41) is 8.16. The molecule has 0 bridgehead atoms. The highest BCUT2D eigenvalue weighted by Crippen LogP contribution is 2.20. The SMILES string of the molecule is CC(C)(C)N1CCC(NCc2cnn(-c3ccccc3)c2)CC1. The molecule has 1 aliphatic rings. The zero-order chi connectivity index (χ0) is 16.3. The molecule has 0 saturated carbocycles. The molecule has 1 aromatic carbocycles. The van der Waals surface area contributed by atoms with Gasteiger partial charge in [0.1, 0.15) is 0 Å². The third-order valence-electron chi connectivity index (χ3n) is 4.70. The van der Waals surface area contributed by atoms with E-state index < -0.39 is 0 Å². The Balaban J connectivity index is 1.50. The Hall–Kier alpha value is -1.65. The van der Waals surface area contributed by atoms with E-state index in [-0.39, 0.29) is 0 Å². The largest absolute Gasteiger partial charge is 0.310 e. The van der Waals surface area contributed by atoms with Crippen molar-refractivity contribution in [1.29, 1.82) is 0 Å². The summed E-state index contributed by atoms with van der Waals surface area (Å²) in [6.07, 6.45) is 6.53. The van der Waals surface area contributed by atoms with Gasteiger partial charge in [-0.15, -0.1) is 0 Å². The Morgan fingerprint density at radius 1 is 1.13 bits per heavy atom. The van der Waals surface area contributed by atoms with Gasteiger partial charge in [0.25, 0.3) is 0 Å². The molecule has 1 fully saturated rings. The molecule has 4 heteroatoms. The summed E-state index contributed by atoms with van der Waals surface area (Å²) >= 11 is 0. The second-order valence-corrected chi connectivity index (χ2v) is 7.44. The molecular formula is C19H28N4. The van der Waals surface area contributed by atoms with E-state index >= 15 is 0 Å². The number of nitrogens with zero attached hydrogens (tertiary/aromatic N) is 3. The average Bonchev–Trinajstić information content (AvgIpc) is 3.02. The van der Waals surface area contributed by atoms with Crippen molar-refractivity contribution in [1.82, 2.24) is 20.0 Å². The number of nitrogens with one attached hydrogen (secondary N) is 1. The standard InChI is InChI=1S/C19H28N4/c1-19(2,3)22-11-9-17(10-12-22)20-13-16-14-21-23(15-16)18-7-5-4-6-8-18/h4-8,14-15,17,20H,9-13H2,1-3H3. The summed E-state index contributed by atoms with van der Waals surface area (Å²) in [7, 11) is 0. The van der Waals surface area contributed by atoms with E-state index in [1.165, 1.54) is 31.5 Å². The van der Waals surface area contributed by atoms with E-state index in [2.05, 4.69) is 54.4 Å². The van der Waals surface area contributed by atoms with E-state index in [1.54, 1.807) is 0 Å². The fraction of sp³-hybridized carbons (Fsp3) is 0.526.